The molecule has 3 aromatic carbocycles. The van der Waals surface area contributed by atoms with Crippen molar-refractivity contribution in [3.63, 3.8) is 0 Å². The zero-order valence-corrected chi connectivity index (χ0v) is 18.7. The van der Waals surface area contributed by atoms with Crippen LogP contribution >= 0.6 is 0 Å². The minimum atomic E-state index is -0.285. The van der Waals surface area contributed by atoms with Crippen molar-refractivity contribution in [1.29, 1.82) is 0 Å². The molecular weight excluding hydrogens is 430 g/mol. The molecule has 0 aliphatic carbocycles. The molecule has 0 radical (unpaired) electrons. The maximum atomic E-state index is 13.2. The summed E-state index contributed by atoms with van der Waals surface area (Å²) >= 11 is 0. The highest BCUT2D eigenvalue weighted by Crippen LogP contribution is 2.28. The molecule has 0 aliphatic heterocycles. The Hall–Kier alpha value is -4.57. The molecule has 34 heavy (non-hydrogen) atoms. The van der Waals surface area contributed by atoms with Gasteiger partial charge in [0, 0.05) is 0 Å². The van der Waals surface area contributed by atoms with Gasteiger partial charge in [0.05, 0.1) is 23.7 Å². The van der Waals surface area contributed by atoms with E-state index in [2.05, 4.69) is 16.0 Å². The Morgan fingerprint density at radius 3 is 2.59 bits per heavy atom. The van der Waals surface area contributed by atoms with E-state index >= 15 is 0 Å². The number of benzene rings is 3. The first-order chi connectivity index (χ1) is 16.7. The van der Waals surface area contributed by atoms with Gasteiger partial charge in [-0.3, -0.25) is 4.79 Å². The van der Waals surface area contributed by atoms with Gasteiger partial charge in [-0.05, 0) is 55.0 Å². The zero-order valence-electron chi connectivity index (χ0n) is 18.7. The number of rotatable bonds is 9. The Morgan fingerprint density at radius 1 is 1.00 bits per heavy atom. The number of terminal acetylenes is 1. The molecule has 1 aromatic heterocycles. The van der Waals surface area contributed by atoms with Gasteiger partial charge in [0.1, 0.15) is 19.0 Å². The molecule has 0 aliphatic rings. The van der Waals surface area contributed by atoms with E-state index in [1.165, 1.54) is 4.68 Å². The number of aromatic nitrogens is 2. The van der Waals surface area contributed by atoms with Crippen LogP contribution in [0, 0.1) is 12.3 Å². The molecule has 0 amide bonds. The zero-order chi connectivity index (χ0) is 23.8. The van der Waals surface area contributed by atoms with Crippen molar-refractivity contribution in [2.45, 2.75) is 13.5 Å². The van der Waals surface area contributed by atoms with E-state index in [1.807, 2.05) is 43.3 Å². The van der Waals surface area contributed by atoms with Crippen molar-refractivity contribution in [2.75, 3.05) is 13.2 Å². The van der Waals surface area contributed by atoms with Crippen LogP contribution in [0.2, 0.25) is 0 Å². The van der Waals surface area contributed by atoms with Crippen LogP contribution in [0.1, 0.15) is 18.3 Å². The SMILES string of the molecule is C#CCOc1ccc(/C=N/n2c(COc3ccccc3)nc3ccccc3c2=O)cc1OCC. The molecule has 0 fully saturated rings. The molecule has 0 unspecified atom stereocenters. The second-order valence-electron chi connectivity index (χ2n) is 7.14. The summed E-state index contributed by atoms with van der Waals surface area (Å²) < 4.78 is 18.3. The van der Waals surface area contributed by atoms with Crippen LogP contribution in [0.3, 0.4) is 0 Å². The fourth-order valence-corrected chi connectivity index (χ4v) is 3.28. The van der Waals surface area contributed by atoms with Crippen molar-refractivity contribution < 1.29 is 14.2 Å². The Balaban J connectivity index is 1.70. The molecule has 7 nitrogen and oxygen atoms in total. The summed E-state index contributed by atoms with van der Waals surface area (Å²) in [7, 11) is 0. The Bertz CT molecular complexity index is 1410. The highest BCUT2D eigenvalue weighted by Gasteiger charge is 2.12. The average molecular weight is 453 g/mol. The fourth-order valence-electron chi connectivity index (χ4n) is 3.28. The predicted molar refractivity (Wildman–Crippen MR) is 132 cm³/mol. The van der Waals surface area contributed by atoms with E-state index < -0.39 is 0 Å². The van der Waals surface area contributed by atoms with Gasteiger partial charge < -0.3 is 14.2 Å². The maximum absolute atomic E-state index is 13.2. The first kappa shape index (κ1) is 22.6. The van der Waals surface area contributed by atoms with Gasteiger partial charge >= 0.3 is 0 Å². The highest BCUT2D eigenvalue weighted by atomic mass is 16.5. The number of hydrogen-bond donors (Lipinski definition) is 0. The van der Waals surface area contributed by atoms with E-state index in [1.54, 1.807) is 42.6 Å². The van der Waals surface area contributed by atoms with E-state index in [4.69, 9.17) is 20.6 Å². The summed E-state index contributed by atoms with van der Waals surface area (Å²) in [4.78, 5) is 17.8. The van der Waals surface area contributed by atoms with E-state index in [-0.39, 0.29) is 18.8 Å². The summed E-state index contributed by atoms with van der Waals surface area (Å²) in [5, 5.41) is 4.91. The molecule has 7 heteroatoms. The number of ether oxygens (including phenoxy) is 3. The van der Waals surface area contributed by atoms with Crippen LogP contribution in [-0.4, -0.2) is 29.1 Å². The van der Waals surface area contributed by atoms with Crippen molar-refractivity contribution in [2.24, 2.45) is 5.10 Å². The number of nitrogens with zero attached hydrogens (tertiary/aromatic N) is 3. The first-order valence-electron chi connectivity index (χ1n) is 10.8. The lowest BCUT2D eigenvalue weighted by Gasteiger charge is -2.12. The highest BCUT2D eigenvalue weighted by molar-refractivity contribution is 5.81. The van der Waals surface area contributed by atoms with Crippen LogP contribution in [0.4, 0.5) is 0 Å². The van der Waals surface area contributed by atoms with Crippen molar-refractivity contribution >= 4 is 17.1 Å². The van der Waals surface area contributed by atoms with E-state index in [9.17, 15) is 4.79 Å². The minimum absolute atomic E-state index is 0.0739. The molecule has 0 spiro atoms. The third-order valence-corrected chi connectivity index (χ3v) is 4.83. The van der Waals surface area contributed by atoms with Gasteiger partial charge in [-0.25, -0.2) is 4.98 Å². The lowest BCUT2D eigenvalue weighted by molar-refractivity contribution is 0.289. The van der Waals surface area contributed by atoms with Gasteiger partial charge in [-0.1, -0.05) is 36.3 Å². The van der Waals surface area contributed by atoms with Crippen LogP contribution in [0.15, 0.2) is 82.7 Å². The Kier molecular flexibility index (Phi) is 7.21. The van der Waals surface area contributed by atoms with E-state index in [0.29, 0.717) is 46.1 Å². The number of hydrogen-bond acceptors (Lipinski definition) is 6. The third-order valence-electron chi connectivity index (χ3n) is 4.83. The topological polar surface area (TPSA) is 74.9 Å². The first-order valence-corrected chi connectivity index (χ1v) is 10.8. The molecule has 4 rings (SSSR count). The number of para-hydroxylation sites is 2. The molecule has 0 saturated carbocycles. The molecule has 1 heterocycles. The summed E-state index contributed by atoms with van der Waals surface area (Å²) in [6, 6.07) is 21.8. The molecule has 170 valence electrons. The van der Waals surface area contributed by atoms with Crippen LogP contribution in [0.5, 0.6) is 17.2 Å². The van der Waals surface area contributed by atoms with Crippen LogP contribution in [0.25, 0.3) is 10.9 Å². The molecule has 0 atom stereocenters. The lowest BCUT2D eigenvalue weighted by Crippen LogP contribution is -2.23. The van der Waals surface area contributed by atoms with Gasteiger partial charge in [0.15, 0.2) is 17.3 Å². The molecule has 4 aromatic rings. The average Bonchev–Trinajstić information content (AvgIpc) is 2.87. The molecule has 0 N–H and O–H groups in total. The van der Waals surface area contributed by atoms with Crippen molar-refractivity contribution in [3.8, 4) is 29.6 Å². The molecule has 0 bridgehead atoms. The predicted octanol–water partition coefficient (Wildman–Crippen LogP) is 4.27. The summed E-state index contributed by atoms with van der Waals surface area (Å²) in [6.45, 7) is 2.55. The van der Waals surface area contributed by atoms with Crippen molar-refractivity contribution in [3.05, 3.63) is 94.5 Å². The monoisotopic (exact) mass is 453 g/mol. The third kappa shape index (κ3) is 5.25. The summed E-state index contributed by atoms with van der Waals surface area (Å²) in [6.07, 6.45) is 6.85. The van der Waals surface area contributed by atoms with Crippen LogP contribution in [-0.2, 0) is 6.61 Å². The maximum Gasteiger partial charge on any atom is 0.282 e. The van der Waals surface area contributed by atoms with Gasteiger partial charge in [-0.2, -0.15) is 9.78 Å². The second-order valence-corrected chi connectivity index (χ2v) is 7.14. The lowest BCUT2D eigenvalue weighted by atomic mass is 10.2. The normalized spacial score (nSPS) is 10.8. The van der Waals surface area contributed by atoms with Crippen molar-refractivity contribution in [1.82, 2.24) is 9.66 Å². The molecular formula is C27H23N3O4. The summed E-state index contributed by atoms with van der Waals surface area (Å²) in [5.41, 5.74) is 1.01. The van der Waals surface area contributed by atoms with E-state index in [0.717, 1.165) is 0 Å². The second kappa shape index (κ2) is 10.8. The van der Waals surface area contributed by atoms with Gasteiger partial charge in [0.25, 0.3) is 5.56 Å². The minimum Gasteiger partial charge on any atom is -0.490 e. The smallest absolute Gasteiger partial charge is 0.282 e. The fraction of sp³-hybridized carbons (Fsp3) is 0.148. The standard InChI is InChI=1S/C27H23N3O4/c1-3-16-33-24-15-14-20(17-25(24)32-4-2)18-28-30-26(19-34-21-10-6-5-7-11-21)29-23-13-9-8-12-22(23)27(30)31/h1,5-15,17-18H,4,16,19H2,2H3/b28-18+. The Morgan fingerprint density at radius 2 is 1.79 bits per heavy atom. The van der Waals surface area contributed by atoms with Gasteiger partial charge in [-0.15, -0.1) is 6.42 Å². The quantitative estimate of drug-likeness (QED) is 0.280. The Labute approximate surface area is 197 Å². The largest absolute Gasteiger partial charge is 0.490 e. The number of fused-ring (bicyclic) bond motifs is 1. The summed E-state index contributed by atoms with van der Waals surface area (Å²) in [5.74, 6) is 4.57. The van der Waals surface area contributed by atoms with Crippen LogP contribution < -0.4 is 19.8 Å². The van der Waals surface area contributed by atoms with Gasteiger partial charge in [0.2, 0.25) is 0 Å². The molecule has 0 saturated heterocycles.